The number of benzene rings is 2. The Kier molecular flexibility index (Phi) is 7.05. The van der Waals surface area contributed by atoms with E-state index in [1.165, 1.54) is 30.3 Å². The first kappa shape index (κ1) is 23.9. The zero-order valence-electron chi connectivity index (χ0n) is 18.7. The number of carbonyl (C=O) groups excluding carboxylic acids is 1. The number of halogens is 3. The fraction of sp³-hybridized carbons (Fsp3) is 0.154. The Morgan fingerprint density at radius 3 is 2.37 bits per heavy atom. The van der Waals surface area contributed by atoms with Gasteiger partial charge in [-0.3, -0.25) is 9.78 Å². The molecule has 35 heavy (non-hydrogen) atoms. The summed E-state index contributed by atoms with van der Waals surface area (Å²) in [5.41, 5.74) is 7.89. The van der Waals surface area contributed by atoms with Crippen molar-refractivity contribution in [3.05, 3.63) is 89.5 Å². The minimum Gasteiger partial charge on any atom is -0.469 e. The third kappa shape index (κ3) is 5.81. The maximum atomic E-state index is 13.6. The molecule has 0 aliphatic carbocycles. The van der Waals surface area contributed by atoms with Gasteiger partial charge in [0.15, 0.2) is 5.78 Å². The van der Waals surface area contributed by atoms with E-state index in [9.17, 15) is 18.0 Å². The number of ether oxygens (including phenoxy) is 1. The van der Waals surface area contributed by atoms with Gasteiger partial charge in [-0.1, -0.05) is 30.3 Å². The standard InChI is InChI=1S/C26H21F3N4O2/c1-15-11-18(13-21(31-15)24(28)29)22-23(17-7-9-19(27)10-8-17)32-26(30)33-25(22)35-14-20(34)12-16-5-3-2-4-6-16/h2-11,13,24H,12,14H2,1H3,(H2,30,32,33). The average Bonchev–Trinajstić information content (AvgIpc) is 2.83. The van der Waals surface area contributed by atoms with E-state index in [4.69, 9.17) is 10.5 Å². The molecule has 0 amide bonds. The molecule has 0 aliphatic heterocycles. The van der Waals surface area contributed by atoms with Crippen LogP contribution in [0.4, 0.5) is 19.1 Å². The van der Waals surface area contributed by atoms with Gasteiger partial charge in [-0.15, -0.1) is 0 Å². The molecule has 4 aromatic rings. The number of Topliss-reactive ketones (excluding diaryl/α,β-unsaturated/α-hetero) is 1. The van der Waals surface area contributed by atoms with Gasteiger partial charge >= 0.3 is 0 Å². The molecular formula is C26H21F3N4O2. The molecule has 0 bridgehead atoms. The molecule has 0 fully saturated rings. The number of alkyl halides is 2. The summed E-state index contributed by atoms with van der Waals surface area (Å²) in [6.45, 7) is 1.25. The number of nitrogens with zero attached hydrogens (tertiary/aromatic N) is 3. The number of hydrogen-bond donors (Lipinski definition) is 1. The van der Waals surface area contributed by atoms with Gasteiger partial charge in [0, 0.05) is 17.7 Å². The van der Waals surface area contributed by atoms with Crippen LogP contribution in [0.5, 0.6) is 5.88 Å². The molecule has 0 aliphatic rings. The molecule has 0 atom stereocenters. The summed E-state index contributed by atoms with van der Waals surface area (Å²) in [4.78, 5) is 24.9. The lowest BCUT2D eigenvalue weighted by molar-refractivity contribution is -0.120. The SMILES string of the molecule is Cc1cc(-c2c(OCC(=O)Cc3ccccc3)nc(N)nc2-c2ccc(F)cc2)cc(C(F)F)n1. The van der Waals surface area contributed by atoms with Gasteiger partial charge in [-0.05, 0) is 54.4 Å². The van der Waals surface area contributed by atoms with E-state index in [-0.39, 0.29) is 41.9 Å². The minimum absolute atomic E-state index is 0.0518. The van der Waals surface area contributed by atoms with Crippen LogP contribution in [-0.2, 0) is 11.2 Å². The molecule has 6 nitrogen and oxygen atoms in total. The molecule has 0 spiro atoms. The quantitative estimate of drug-likeness (QED) is 0.367. The lowest BCUT2D eigenvalue weighted by Gasteiger charge is -2.16. The Morgan fingerprint density at radius 2 is 1.69 bits per heavy atom. The third-order valence-electron chi connectivity index (χ3n) is 5.11. The van der Waals surface area contributed by atoms with Crippen LogP contribution in [0.1, 0.15) is 23.4 Å². The number of aromatic nitrogens is 3. The van der Waals surface area contributed by atoms with Crippen LogP contribution in [0.25, 0.3) is 22.4 Å². The maximum absolute atomic E-state index is 13.6. The van der Waals surface area contributed by atoms with Gasteiger partial charge in [0.2, 0.25) is 11.8 Å². The zero-order valence-corrected chi connectivity index (χ0v) is 18.7. The van der Waals surface area contributed by atoms with Crippen LogP contribution in [0.2, 0.25) is 0 Å². The second kappa shape index (κ2) is 10.3. The molecule has 2 aromatic heterocycles. The van der Waals surface area contributed by atoms with Crippen molar-refractivity contribution in [3.63, 3.8) is 0 Å². The van der Waals surface area contributed by atoms with E-state index in [0.29, 0.717) is 16.8 Å². The normalized spacial score (nSPS) is 11.0. The summed E-state index contributed by atoms with van der Waals surface area (Å²) in [7, 11) is 0. The highest BCUT2D eigenvalue weighted by Gasteiger charge is 2.22. The second-order valence-electron chi connectivity index (χ2n) is 7.83. The van der Waals surface area contributed by atoms with Crippen molar-refractivity contribution >= 4 is 11.7 Å². The molecule has 0 saturated carbocycles. The Balaban J connectivity index is 1.78. The number of hydrogen-bond acceptors (Lipinski definition) is 6. The fourth-order valence-electron chi connectivity index (χ4n) is 3.61. The Hall–Kier alpha value is -4.27. The highest BCUT2D eigenvalue weighted by Crippen LogP contribution is 2.39. The molecule has 9 heteroatoms. The summed E-state index contributed by atoms with van der Waals surface area (Å²) in [5.74, 6) is -0.885. The topological polar surface area (TPSA) is 91.0 Å². The maximum Gasteiger partial charge on any atom is 0.280 e. The number of rotatable bonds is 8. The number of nitrogens with two attached hydrogens (primary N) is 1. The number of ketones is 1. The lowest BCUT2D eigenvalue weighted by Crippen LogP contribution is -2.16. The number of anilines is 1. The first-order chi connectivity index (χ1) is 16.8. The number of nitrogen functional groups attached to an aromatic ring is 1. The van der Waals surface area contributed by atoms with E-state index in [1.54, 1.807) is 13.0 Å². The Bertz CT molecular complexity index is 1350. The van der Waals surface area contributed by atoms with E-state index >= 15 is 0 Å². The summed E-state index contributed by atoms with van der Waals surface area (Å²) in [5, 5.41) is 0. The average molecular weight is 478 g/mol. The van der Waals surface area contributed by atoms with Gasteiger partial charge in [0.05, 0.1) is 11.3 Å². The second-order valence-corrected chi connectivity index (χ2v) is 7.83. The Morgan fingerprint density at radius 1 is 0.971 bits per heavy atom. The molecule has 4 rings (SSSR count). The molecule has 2 aromatic carbocycles. The van der Waals surface area contributed by atoms with Crippen molar-refractivity contribution in [2.45, 2.75) is 19.8 Å². The fourth-order valence-corrected chi connectivity index (χ4v) is 3.61. The van der Waals surface area contributed by atoms with Gasteiger partial charge in [-0.25, -0.2) is 18.2 Å². The van der Waals surface area contributed by atoms with Crippen molar-refractivity contribution in [1.82, 2.24) is 15.0 Å². The predicted molar refractivity (Wildman–Crippen MR) is 125 cm³/mol. The van der Waals surface area contributed by atoms with E-state index < -0.39 is 17.9 Å². The van der Waals surface area contributed by atoms with Crippen molar-refractivity contribution in [2.75, 3.05) is 12.3 Å². The van der Waals surface area contributed by atoms with E-state index in [2.05, 4.69) is 15.0 Å². The summed E-state index contributed by atoms with van der Waals surface area (Å²) < 4.78 is 46.3. The van der Waals surface area contributed by atoms with Gasteiger partial charge in [0.25, 0.3) is 6.43 Å². The third-order valence-corrected chi connectivity index (χ3v) is 5.11. The predicted octanol–water partition coefficient (Wildman–Crippen LogP) is 5.36. The largest absolute Gasteiger partial charge is 0.469 e. The number of pyridine rings is 1. The first-order valence-corrected chi connectivity index (χ1v) is 10.7. The van der Waals surface area contributed by atoms with Crippen molar-refractivity contribution in [3.8, 4) is 28.3 Å². The van der Waals surface area contributed by atoms with Gasteiger partial charge in [0.1, 0.15) is 18.1 Å². The monoisotopic (exact) mass is 478 g/mol. The van der Waals surface area contributed by atoms with E-state index in [1.807, 2.05) is 30.3 Å². The Labute approximate surface area is 199 Å². The lowest BCUT2D eigenvalue weighted by atomic mass is 9.99. The van der Waals surface area contributed by atoms with Crippen LogP contribution in [0.15, 0.2) is 66.7 Å². The zero-order chi connectivity index (χ0) is 24.9. The first-order valence-electron chi connectivity index (χ1n) is 10.7. The highest BCUT2D eigenvalue weighted by atomic mass is 19.3. The van der Waals surface area contributed by atoms with Crippen LogP contribution >= 0.6 is 0 Å². The summed E-state index contributed by atoms with van der Waals surface area (Å²) >= 11 is 0. The number of carbonyl (C=O) groups is 1. The van der Waals surface area contributed by atoms with Crippen LogP contribution in [0.3, 0.4) is 0 Å². The molecule has 2 heterocycles. The van der Waals surface area contributed by atoms with Crippen molar-refractivity contribution < 1.29 is 22.7 Å². The van der Waals surface area contributed by atoms with Crippen molar-refractivity contribution in [1.29, 1.82) is 0 Å². The molecule has 0 unspecified atom stereocenters. The molecular weight excluding hydrogens is 457 g/mol. The molecule has 0 saturated heterocycles. The smallest absolute Gasteiger partial charge is 0.280 e. The van der Waals surface area contributed by atoms with Crippen LogP contribution < -0.4 is 10.5 Å². The molecule has 2 N–H and O–H groups in total. The van der Waals surface area contributed by atoms with Gasteiger partial charge < -0.3 is 10.5 Å². The molecule has 0 radical (unpaired) electrons. The van der Waals surface area contributed by atoms with E-state index in [0.717, 1.165) is 5.56 Å². The summed E-state index contributed by atoms with van der Waals surface area (Å²) in [6, 6.07) is 17.4. The van der Waals surface area contributed by atoms with Crippen LogP contribution in [0, 0.1) is 12.7 Å². The number of aryl methyl sites for hydroxylation is 1. The van der Waals surface area contributed by atoms with Gasteiger partial charge in [-0.2, -0.15) is 4.98 Å². The highest BCUT2D eigenvalue weighted by molar-refractivity contribution is 5.86. The van der Waals surface area contributed by atoms with Crippen molar-refractivity contribution in [2.24, 2.45) is 0 Å². The summed E-state index contributed by atoms with van der Waals surface area (Å²) in [6.07, 6.45) is -2.67. The minimum atomic E-state index is -2.81. The molecule has 178 valence electrons. The van der Waals surface area contributed by atoms with Crippen LogP contribution in [-0.4, -0.2) is 27.3 Å².